The monoisotopic (exact) mass is 468 g/mol. The Morgan fingerprint density at radius 2 is 1.69 bits per heavy atom. The highest BCUT2D eigenvalue weighted by Gasteiger charge is 2.17. The molecule has 2 N–H and O–H groups in total. The van der Waals surface area contributed by atoms with Crippen LogP contribution in [0.1, 0.15) is 59.8 Å². The highest BCUT2D eigenvalue weighted by atomic mass is 16.5. The number of benzene rings is 3. The predicted molar refractivity (Wildman–Crippen MR) is 135 cm³/mol. The number of carbonyl (C=O) groups excluding carboxylic acids is 1. The van der Waals surface area contributed by atoms with Gasteiger partial charge in [-0.25, -0.2) is 0 Å². The molecule has 5 rings (SSSR count). The zero-order chi connectivity index (χ0) is 23.9. The van der Waals surface area contributed by atoms with Gasteiger partial charge in [0.1, 0.15) is 12.4 Å². The van der Waals surface area contributed by atoms with Crippen molar-refractivity contribution in [3.63, 3.8) is 0 Å². The molecular weight excluding hydrogens is 440 g/mol. The van der Waals surface area contributed by atoms with Gasteiger partial charge < -0.3 is 19.8 Å². The Balaban J connectivity index is 1.16. The third-order valence-electron chi connectivity index (χ3n) is 6.20. The molecule has 0 saturated heterocycles. The Labute approximate surface area is 204 Å². The first-order valence-electron chi connectivity index (χ1n) is 12.0. The average Bonchev–Trinajstić information content (AvgIpc) is 3.38. The molecule has 3 aromatic carbocycles. The summed E-state index contributed by atoms with van der Waals surface area (Å²) in [5.41, 5.74) is 3.83. The average molecular weight is 469 g/mol. The van der Waals surface area contributed by atoms with Crippen molar-refractivity contribution < 1.29 is 13.9 Å². The summed E-state index contributed by atoms with van der Waals surface area (Å²) in [5.74, 6) is 0.768. The number of aromatic nitrogens is 2. The van der Waals surface area contributed by atoms with Crippen LogP contribution in [0.5, 0.6) is 5.75 Å². The summed E-state index contributed by atoms with van der Waals surface area (Å²) in [5, 5.41) is 13.7. The lowest BCUT2D eigenvalue weighted by atomic mass is 9.84. The summed E-state index contributed by atoms with van der Waals surface area (Å²) in [6, 6.07) is 25.6. The normalized spacial score (nSPS) is 13.8. The number of nitrogens with one attached hydrogen (secondary N) is 2. The minimum absolute atomic E-state index is 0.111. The molecule has 1 aromatic heterocycles. The summed E-state index contributed by atoms with van der Waals surface area (Å²) in [4.78, 5) is 12.6. The van der Waals surface area contributed by atoms with Crippen LogP contribution in [-0.4, -0.2) is 16.1 Å². The third kappa shape index (κ3) is 6.06. The quantitative estimate of drug-likeness (QED) is 0.299. The van der Waals surface area contributed by atoms with E-state index in [1.807, 2.05) is 66.7 Å². The highest BCUT2D eigenvalue weighted by Crippen LogP contribution is 2.33. The van der Waals surface area contributed by atoms with Crippen molar-refractivity contribution in [3.05, 3.63) is 95.9 Å². The molecule has 1 saturated carbocycles. The van der Waals surface area contributed by atoms with Gasteiger partial charge in [0.2, 0.25) is 0 Å². The molecule has 7 nitrogen and oxygen atoms in total. The number of anilines is 3. The molecule has 0 atom stereocenters. The van der Waals surface area contributed by atoms with Crippen molar-refractivity contribution in [1.82, 2.24) is 10.2 Å². The minimum Gasteiger partial charge on any atom is -0.489 e. The van der Waals surface area contributed by atoms with Gasteiger partial charge in [0, 0.05) is 17.4 Å². The molecule has 0 radical (unpaired) electrons. The van der Waals surface area contributed by atoms with E-state index < -0.39 is 5.91 Å². The maximum atomic E-state index is 12.6. The van der Waals surface area contributed by atoms with Gasteiger partial charge in [-0.1, -0.05) is 72.9 Å². The summed E-state index contributed by atoms with van der Waals surface area (Å²) in [7, 11) is 0. The molecule has 1 fully saturated rings. The Morgan fingerprint density at radius 3 is 2.49 bits per heavy atom. The van der Waals surface area contributed by atoms with Crippen LogP contribution in [0.25, 0.3) is 0 Å². The molecule has 0 spiro atoms. The van der Waals surface area contributed by atoms with E-state index in [9.17, 15) is 4.79 Å². The van der Waals surface area contributed by atoms with Crippen LogP contribution in [0.15, 0.2) is 83.3 Å². The van der Waals surface area contributed by atoms with Gasteiger partial charge in [-0.3, -0.25) is 4.79 Å². The SMILES string of the molecule is O=C(Nc1ccc(C2CCCCC2)cc1)c1nnc(Nc2cccc(OCc3ccccc3)c2)o1. The Morgan fingerprint density at radius 1 is 0.886 bits per heavy atom. The summed E-state index contributed by atoms with van der Waals surface area (Å²) < 4.78 is 11.4. The molecule has 4 aromatic rings. The second-order valence-corrected chi connectivity index (χ2v) is 8.75. The molecule has 0 aliphatic heterocycles. The Hall–Kier alpha value is -4.13. The van der Waals surface area contributed by atoms with Crippen LogP contribution >= 0.6 is 0 Å². The minimum atomic E-state index is -0.448. The molecule has 178 valence electrons. The number of carbonyl (C=O) groups is 1. The van der Waals surface area contributed by atoms with Crippen LogP contribution in [0.2, 0.25) is 0 Å². The molecule has 1 heterocycles. The largest absolute Gasteiger partial charge is 0.489 e. The first-order chi connectivity index (χ1) is 17.2. The summed E-state index contributed by atoms with van der Waals surface area (Å²) in [6.45, 7) is 0.469. The number of hydrogen-bond donors (Lipinski definition) is 2. The number of amides is 1. The fourth-order valence-corrected chi connectivity index (χ4v) is 4.35. The molecule has 0 unspecified atom stereocenters. The van der Waals surface area contributed by atoms with Gasteiger partial charge >= 0.3 is 17.8 Å². The summed E-state index contributed by atoms with van der Waals surface area (Å²) in [6.07, 6.45) is 6.40. The van der Waals surface area contributed by atoms with Crippen molar-refractivity contribution in [2.45, 2.75) is 44.6 Å². The van der Waals surface area contributed by atoms with E-state index in [0.29, 0.717) is 29.6 Å². The van der Waals surface area contributed by atoms with Crippen molar-refractivity contribution in [3.8, 4) is 5.75 Å². The molecule has 7 heteroatoms. The van der Waals surface area contributed by atoms with E-state index >= 15 is 0 Å². The second kappa shape index (κ2) is 10.9. The molecule has 0 bridgehead atoms. The van der Waals surface area contributed by atoms with Gasteiger partial charge in [-0.2, -0.15) is 0 Å². The second-order valence-electron chi connectivity index (χ2n) is 8.75. The van der Waals surface area contributed by atoms with Crippen LogP contribution in [0.4, 0.5) is 17.4 Å². The van der Waals surface area contributed by atoms with E-state index in [0.717, 1.165) is 5.56 Å². The lowest BCUT2D eigenvalue weighted by molar-refractivity contribution is 0.0991. The zero-order valence-corrected chi connectivity index (χ0v) is 19.4. The Kier molecular flexibility index (Phi) is 7.03. The van der Waals surface area contributed by atoms with Gasteiger partial charge in [0.05, 0.1) is 0 Å². The zero-order valence-electron chi connectivity index (χ0n) is 19.4. The van der Waals surface area contributed by atoms with E-state index in [-0.39, 0.29) is 11.9 Å². The summed E-state index contributed by atoms with van der Waals surface area (Å²) >= 11 is 0. The molecule has 1 aliphatic carbocycles. The van der Waals surface area contributed by atoms with E-state index in [1.54, 1.807) is 0 Å². The van der Waals surface area contributed by atoms with Crippen molar-refractivity contribution in [2.24, 2.45) is 0 Å². The van der Waals surface area contributed by atoms with Gasteiger partial charge in [0.25, 0.3) is 0 Å². The Bertz CT molecular complexity index is 1250. The maximum absolute atomic E-state index is 12.6. The van der Waals surface area contributed by atoms with Crippen molar-refractivity contribution in [2.75, 3.05) is 10.6 Å². The van der Waals surface area contributed by atoms with Crippen LogP contribution < -0.4 is 15.4 Å². The van der Waals surface area contributed by atoms with Crippen LogP contribution in [0.3, 0.4) is 0 Å². The standard InChI is InChI=1S/C28H28N4O3/c33-26(29-23-16-14-22(15-17-23)21-10-5-2-6-11-21)27-31-32-28(35-27)30-24-12-7-13-25(18-24)34-19-20-8-3-1-4-9-20/h1,3-4,7-9,12-18,21H,2,5-6,10-11,19H2,(H,29,33)(H,30,32). The van der Waals surface area contributed by atoms with E-state index in [2.05, 4.69) is 33.0 Å². The molecular formula is C28H28N4O3. The molecule has 1 amide bonds. The number of rotatable bonds is 8. The van der Waals surface area contributed by atoms with Crippen molar-refractivity contribution in [1.29, 1.82) is 0 Å². The predicted octanol–water partition coefficient (Wildman–Crippen LogP) is 6.69. The maximum Gasteiger partial charge on any atom is 0.320 e. The smallest absolute Gasteiger partial charge is 0.320 e. The lowest BCUT2D eigenvalue weighted by Crippen LogP contribution is -2.12. The van der Waals surface area contributed by atoms with E-state index in [1.165, 1.54) is 37.7 Å². The number of nitrogens with zero attached hydrogens (tertiary/aromatic N) is 2. The lowest BCUT2D eigenvalue weighted by Gasteiger charge is -2.22. The first-order valence-corrected chi connectivity index (χ1v) is 12.0. The fourth-order valence-electron chi connectivity index (χ4n) is 4.35. The van der Waals surface area contributed by atoms with Gasteiger partial charge in [0.15, 0.2) is 0 Å². The molecule has 35 heavy (non-hydrogen) atoms. The van der Waals surface area contributed by atoms with E-state index in [4.69, 9.17) is 9.15 Å². The number of ether oxygens (including phenoxy) is 1. The van der Waals surface area contributed by atoms with Crippen LogP contribution in [0, 0.1) is 0 Å². The fraction of sp³-hybridized carbons (Fsp3) is 0.250. The van der Waals surface area contributed by atoms with Crippen molar-refractivity contribution >= 4 is 23.3 Å². The van der Waals surface area contributed by atoms with Crippen LogP contribution in [-0.2, 0) is 6.61 Å². The third-order valence-corrected chi connectivity index (χ3v) is 6.20. The topological polar surface area (TPSA) is 89.3 Å². The highest BCUT2D eigenvalue weighted by molar-refractivity contribution is 6.00. The van der Waals surface area contributed by atoms with Gasteiger partial charge in [-0.05, 0) is 54.2 Å². The number of hydrogen-bond acceptors (Lipinski definition) is 6. The first kappa shape index (κ1) is 22.7. The van der Waals surface area contributed by atoms with Gasteiger partial charge in [-0.15, -0.1) is 5.10 Å². The molecule has 1 aliphatic rings.